The molecule has 4 saturated heterocycles. The lowest BCUT2D eigenvalue weighted by atomic mass is 9.68. The van der Waals surface area contributed by atoms with Gasteiger partial charge in [0.2, 0.25) is 11.8 Å². The van der Waals surface area contributed by atoms with E-state index in [9.17, 15) is 9.59 Å². The maximum Gasteiger partial charge on any atom is 0.233 e. The fourth-order valence-corrected chi connectivity index (χ4v) is 8.08. The van der Waals surface area contributed by atoms with Crippen LogP contribution in [0, 0.1) is 23.2 Å². The van der Waals surface area contributed by atoms with E-state index in [4.69, 9.17) is 9.47 Å². The first-order valence-corrected chi connectivity index (χ1v) is 13.7. The van der Waals surface area contributed by atoms with Gasteiger partial charge in [-0.15, -0.1) is 11.8 Å². The SMILES string of the molecule is COC1CCCCC1C1CC(C)NCC1C(=O)NC1NC2CN(C(=O)C3(C)COC3)CC2S1. The molecule has 5 aliphatic rings. The van der Waals surface area contributed by atoms with Gasteiger partial charge in [-0.25, -0.2) is 0 Å². The van der Waals surface area contributed by atoms with E-state index in [0.717, 1.165) is 32.4 Å². The highest BCUT2D eigenvalue weighted by Gasteiger charge is 2.50. The van der Waals surface area contributed by atoms with Crippen LogP contribution >= 0.6 is 11.8 Å². The molecule has 4 aliphatic heterocycles. The van der Waals surface area contributed by atoms with Gasteiger partial charge in [0.15, 0.2) is 0 Å². The number of carbonyl (C=O) groups is 2. The number of methoxy groups -OCH3 is 1. The van der Waals surface area contributed by atoms with Crippen molar-refractivity contribution in [1.29, 1.82) is 0 Å². The summed E-state index contributed by atoms with van der Waals surface area (Å²) in [5.41, 5.74) is -0.437. The Morgan fingerprint density at radius 2 is 1.97 bits per heavy atom. The number of hydrogen-bond acceptors (Lipinski definition) is 7. The van der Waals surface area contributed by atoms with Crippen LogP contribution in [0.3, 0.4) is 0 Å². The van der Waals surface area contributed by atoms with Crippen molar-refractivity contribution in [3.8, 4) is 0 Å². The van der Waals surface area contributed by atoms with Crippen LogP contribution in [0.2, 0.25) is 0 Å². The number of rotatable bonds is 5. The van der Waals surface area contributed by atoms with E-state index < -0.39 is 0 Å². The van der Waals surface area contributed by atoms with Crippen molar-refractivity contribution in [2.24, 2.45) is 23.2 Å². The van der Waals surface area contributed by atoms with Gasteiger partial charge in [0.05, 0.1) is 30.7 Å². The summed E-state index contributed by atoms with van der Waals surface area (Å²) in [7, 11) is 1.83. The van der Waals surface area contributed by atoms with Crippen LogP contribution in [-0.2, 0) is 19.1 Å². The molecule has 33 heavy (non-hydrogen) atoms. The maximum absolute atomic E-state index is 13.5. The molecule has 9 heteroatoms. The monoisotopic (exact) mass is 480 g/mol. The quantitative estimate of drug-likeness (QED) is 0.544. The Morgan fingerprint density at radius 3 is 2.67 bits per heavy atom. The Labute approximate surface area is 201 Å². The van der Waals surface area contributed by atoms with Crippen molar-refractivity contribution in [2.45, 2.75) is 74.9 Å². The van der Waals surface area contributed by atoms with Gasteiger partial charge in [0.1, 0.15) is 5.50 Å². The van der Waals surface area contributed by atoms with Crippen LogP contribution in [-0.4, -0.2) is 85.6 Å². The molecule has 3 N–H and O–H groups in total. The first kappa shape index (κ1) is 23.9. The van der Waals surface area contributed by atoms with Gasteiger partial charge in [0, 0.05) is 44.1 Å². The van der Waals surface area contributed by atoms with Gasteiger partial charge in [-0.2, -0.15) is 0 Å². The van der Waals surface area contributed by atoms with E-state index in [1.54, 1.807) is 11.8 Å². The average molecular weight is 481 g/mol. The van der Waals surface area contributed by atoms with Crippen molar-refractivity contribution in [3.05, 3.63) is 0 Å². The van der Waals surface area contributed by atoms with Crippen molar-refractivity contribution in [1.82, 2.24) is 20.9 Å². The number of fused-ring (bicyclic) bond motifs is 1. The number of ether oxygens (including phenoxy) is 2. The lowest BCUT2D eigenvalue weighted by Gasteiger charge is -2.44. The predicted octanol–water partition coefficient (Wildman–Crippen LogP) is 1.16. The highest BCUT2D eigenvalue weighted by molar-refractivity contribution is 8.00. The Hall–Kier alpha value is -0.870. The minimum Gasteiger partial charge on any atom is -0.381 e. The number of amides is 2. The molecule has 0 aromatic carbocycles. The van der Waals surface area contributed by atoms with Crippen molar-refractivity contribution in [2.75, 3.05) is 40.0 Å². The zero-order chi connectivity index (χ0) is 23.2. The third-order valence-electron chi connectivity index (χ3n) is 8.63. The van der Waals surface area contributed by atoms with Crippen LogP contribution < -0.4 is 16.0 Å². The molecule has 1 aliphatic carbocycles. The van der Waals surface area contributed by atoms with E-state index in [1.165, 1.54) is 12.8 Å². The molecule has 2 amide bonds. The summed E-state index contributed by atoms with van der Waals surface area (Å²) in [6.45, 7) is 7.45. The highest BCUT2D eigenvalue weighted by atomic mass is 32.2. The maximum atomic E-state index is 13.5. The Morgan fingerprint density at radius 1 is 1.18 bits per heavy atom. The summed E-state index contributed by atoms with van der Waals surface area (Å²) < 4.78 is 11.1. The van der Waals surface area contributed by atoms with Crippen LogP contribution in [0.15, 0.2) is 0 Å². The zero-order valence-electron chi connectivity index (χ0n) is 20.2. The number of nitrogens with zero attached hydrogens (tertiary/aromatic N) is 1. The van der Waals surface area contributed by atoms with Crippen LogP contribution in [0.4, 0.5) is 0 Å². The molecule has 4 heterocycles. The molecule has 8 nitrogen and oxygen atoms in total. The van der Waals surface area contributed by atoms with E-state index >= 15 is 0 Å². The molecule has 0 aromatic heterocycles. The molecule has 5 rings (SSSR count). The molecule has 186 valence electrons. The molecule has 5 fully saturated rings. The number of hydrogen-bond donors (Lipinski definition) is 3. The van der Waals surface area contributed by atoms with E-state index in [0.29, 0.717) is 42.9 Å². The third-order valence-corrected chi connectivity index (χ3v) is 9.99. The first-order chi connectivity index (χ1) is 15.9. The summed E-state index contributed by atoms with van der Waals surface area (Å²) in [5, 5.41) is 10.7. The lowest BCUT2D eigenvalue weighted by Crippen LogP contribution is -2.56. The number of piperidine rings is 1. The normalized spacial score (nSPS) is 42.5. The van der Waals surface area contributed by atoms with Gasteiger partial charge in [-0.05, 0) is 44.9 Å². The molecular formula is C24H40N4O4S. The van der Waals surface area contributed by atoms with Gasteiger partial charge in [-0.1, -0.05) is 12.8 Å². The van der Waals surface area contributed by atoms with Crippen molar-refractivity contribution >= 4 is 23.6 Å². The smallest absolute Gasteiger partial charge is 0.233 e. The Balaban J connectivity index is 1.17. The summed E-state index contributed by atoms with van der Waals surface area (Å²) >= 11 is 1.76. The molecule has 0 bridgehead atoms. The van der Waals surface area contributed by atoms with Crippen LogP contribution in [0.25, 0.3) is 0 Å². The standard InChI is InChI=1S/C24H40N4O4S/c1-14-8-16(15-6-4-5-7-19(15)31-3)17(9-25-14)21(29)27-23-26-18-10-28(11-20(18)33-23)22(30)24(2)12-32-13-24/h14-20,23,25-26H,4-13H2,1-3H3,(H,27,29). The van der Waals surface area contributed by atoms with E-state index in [1.807, 2.05) is 18.9 Å². The number of thioether (sulfide) groups is 1. The summed E-state index contributed by atoms with van der Waals surface area (Å²) in [4.78, 5) is 28.3. The lowest BCUT2D eigenvalue weighted by molar-refractivity contribution is -0.167. The van der Waals surface area contributed by atoms with Gasteiger partial charge >= 0.3 is 0 Å². The highest BCUT2D eigenvalue weighted by Crippen LogP contribution is 2.41. The second kappa shape index (κ2) is 9.64. The van der Waals surface area contributed by atoms with Gasteiger partial charge in [-0.3, -0.25) is 14.9 Å². The first-order valence-electron chi connectivity index (χ1n) is 12.7. The summed E-state index contributed by atoms with van der Waals surface area (Å²) in [6.07, 6.45) is 6.03. The van der Waals surface area contributed by atoms with Crippen LogP contribution in [0.1, 0.15) is 46.0 Å². The third kappa shape index (κ3) is 4.68. The fourth-order valence-electron chi connectivity index (χ4n) is 6.68. The molecule has 8 unspecified atom stereocenters. The van der Waals surface area contributed by atoms with Gasteiger partial charge in [0.25, 0.3) is 0 Å². The zero-order valence-corrected chi connectivity index (χ0v) is 21.0. The number of likely N-dealkylation sites (tertiary alicyclic amines) is 1. The number of nitrogens with one attached hydrogen (secondary N) is 3. The van der Waals surface area contributed by atoms with Gasteiger partial charge < -0.3 is 25.0 Å². The van der Waals surface area contributed by atoms with E-state index in [2.05, 4.69) is 22.9 Å². The second-order valence-corrected chi connectivity index (χ2v) is 12.5. The molecular weight excluding hydrogens is 440 g/mol. The molecule has 0 aromatic rings. The number of carbonyl (C=O) groups excluding carboxylic acids is 2. The molecule has 8 atom stereocenters. The second-order valence-electron chi connectivity index (χ2n) is 11.1. The topological polar surface area (TPSA) is 91.9 Å². The molecule has 0 radical (unpaired) electrons. The fraction of sp³-hybridized carbons (Fsp3) is 0.917. The Bertz CT molecular complexity index is 736. The predicted molar refractivity (Wildman–Crippen MR) is 128 cm³/mol. The average Bonchev–Trinajstić information content (AvgIpc) is 3.35. The Kier molecular flexibility index (Phi) is 6.97. The summed E-state index contributed by atoms with van der Waals surface area (Å²) in [5.74, 6) is 1.15. The minimum atomic E-state index is -0.351. The molecule has 1 saturated carbocycles. The van der Waals surface area contributed by atoms with Crippen LogP contribution in [0.5, 0.6) is 0 Å². The van der Waals surface area contributed by atoms with E-state index in [-0.39, 0.29) is 40.8 Å². The largest absolute Gasteiger partial charge is 0.381 e. The minimum absolute atomic E-state index is 0.0265. The molecule has 0 spiro atoms. The van der Waals surface area contributed by atoms with Crippen molar-refractivity contribution < 1.29 is 19.1 Å². The summed E-state index contributed by atoms with van der Waals surface area (Å²) in [6, 6.07) is 0.661. The van der Waals surface area contributed by atoms with Crippen molar-refractivity contribution in [3.63, 3.8) is 0 Å².